The zero-order valence-electron chi connectivity index (χ0n) is 22.9. The molecule has 2 aliphatic rings. The smallest absolute Gasteiger partial charge is 0.336 e. The van der Waals surface area contributed by atoms with Gasteiger partial charge in [-0.15, -0.1) is 0 Å². The molecule has 4 rings (SSSR count). The van der Waals surface area contributed by atoms with Crippen molar-refractivity contribution < 1.29 is 33.6 Å². The summed E-state index contributed by atoms with van der Waals surface area (Å²) in [6.07, 6.45) is 2.47. The van der Waals surface area contributed by atoms with E-state index < -0.39 is 11.9 Å². The molecule has 2 aromatic rings. The summed E-state index contributed by atoms with van der Waals surface area (Å²) in [6.45, 7) is 4.14. The standard InChI is InChI=1S/C30H34BrNO7/c1-6-7-10-39-30(35)26-16(2)32-21-12-18(17-8-9-23(36-3)24(14-17)37-4)13-22(33)28(21)27(26)19-11-20(31)29(34)25(15-19)38-5/h8-9,11,14-15,18,27,32,34H,6-7,10,12-13H2,1-5H3/t18-,27-/m1/s1. The summed E-state index contributed by atoms with van der Waals surface area (Å²) in [5, 5.41) is 13.8. The molecule has 0 saturated carbocycles. The van der Waals surface area contributed by atoms with Crippen LogP contribution in [0.5, 0.6) is 23.0 Å². The second-order valence-electron chi connectivity index (χ2n) is 9.67. The average Bonchev–Trinajstić information content (AvgIpc) is 2.93. The minimum absolute atomic E-state index is 0.0550. The number of carbonyl (C=O) groups is 2. The maximum absolute atomic E-state index is 13.9. The van der Waals surface area contributed by atoms with Gasteiger partial charge in [-0.05, 0) is 77.0 Å². The number of phenolic OH excluding ortho intramolecular Hbond substituents is 1. The van der Waals surface area contributed by atoms with Crippen LogP contribution in [0.2, 0.25) is 0 Å². The fourth-order valence-corrected chi connectivity index (χ4v) is 5.75. The molecule has 2 N–H and O–H groups in total. The number of phenols is 1. The van der Waals surface area contributed by atoms with E-state index in [0.29, 0.717) is 51.4 Å². The van der Waals surface area contributed by atoms with Crippen LogP contribution in [0.1, 0.15) is 62.5 Å². The molecular formula is C30H34BrNO7. The number of benzene rings is 2. The van der Waals surface area contributed by atoms with Crippen LogP contribution < -0.4 is 19.5 Å². The Morgan fingerprint density at radius 1 is 1.03 bits per heavy atom. The number of Topliss-reactive ketones (excluding diaryl/α,β-unsaturated/α-hetero) is 1. The molecule has 2 aromatic carbocycles. The number of allylic oxidation sites excluding steroid dienone is 3. The Kier molecular flexibility index (Phi) is 8.90. The van der Waals surface area contributed by atoms with Crippen molar-refractivity contribution in [1.29, 1.82) is 0 Å². The number of ketones is 1. The average molecular weight is 601 g/mol. The van der Waals surface area contributed by atoms with Crippen LogP contribution in [0.4, 0.5) is 0 Å². The number of dihydropyridines is 1. The van der Waals surface area contributed by atoms with Crippen LogP contribution in [0.15, 0.2) is 57.3 Å². The number of halogens is 1. The summed E-state index contributed by atoms with van der Waals surface area (Å²) < 4.78 is 22.3. The molecule has 39 heavy (non-hydrogen) atoms. The van der Waals surface area contributed by atoms with E-state index in [2.05, 4.69) is 21.2 Å². The SMILES string of the molecule is CCCCOC(=O)C1=C(C)NC2=C(C(=O)C[C@H](c3ccc(OC)c(OC)c3)C2)[C@@H]1c1cc(Br)c(O)c(OC)c1. The summed E-state index contributed by atoms with van der Waals surface area (Å²) in [5.41, 5.74) is 3.91. The summed E-state index contributed by atoms with van der Waals surface area (Å²) in [4.78, 5) is 27.3. The number of hydrogen-bond donors (Lipinski definition) is 2. The first-order valence-corrected chi connectivity index (χ1v) is 13.7. The maximum Gasteiger partial charge on any atom is 0.336 e. The van der Waals surface area contributed by atoms with Gasteiger partial charge in [0.1, 0.15) is 0 Å². The minimum atomic E-state index is -0.681. The zero-order valence-corrected chi connectivity index (χ0v) is 24.4. The number of aromatic hydroxyl groups is 1. The van der Waals surface area contributed by atoms with Crippen molar-refractivity contribution in [1.82, 2.24) is 5.32 Å². The van der Waals surface area contributed by atoms with Crippen LogP contribution in [0, 0.1) is 0 Å². The lowest BCUT2D eigenvalue weighted by Crippen LogP contribution is -2.36. The fraction of sp³-hybridized carbons (Fsp3) is 0.400. The Balaban J connectivity index is 1.80. The second-order valence-corrected chi connectivity index (χ2v) is 10.5. The Bertz CT molecular complexity index is 1350. The molecule has 2 atom stereocenters. The third kappa shape index (κ3) is 5.64. The lowest BCUT2D eigenvalue weighted by molar-refractivity contribution is -0.139. The monoisotopic (exact) mass is 599 g/mol. The zero-order chi connectivity index (χ0) is 28.3. The van der Waals surface area contributed by atoms with E-state index in [1.54, 1.807) is 26.4 Å². The molecule has 0 bridgehead atoms. The predicted octanol–water partition coefficient (Wildman–Crippen LogP) is 5.89. The highest BCUT2D eigenvalue weighted by molar-refractivity contribution is 9.10. The second kappa shape index (κ2) is 12.2. The van der Waals surface area contributed by atoms with E-state index in [9.17, 15) is 14.7 Å². The number of esters is 1. The Labute approximate surface area is 237 Å². The van der Waals surface area contributed by atoms with Gasteiger partial charge in [0.05, 0.1) is 38.0 Å². The van der Waals surface area contributed by atoms with Gasteiger partial charge in [0.2, 0.25) is 0 Å². The lowest BCUT2D eigenvalue weighted by atomic mass is 9.71. The van der Waals surface area contributed by atoms with Crippen LogP contribution in [-0.4, -0.2) is 44.8 Å². The quantitative estimate of drug-likeness (QED) is 0.272. The largest absolute Gasteiger partial charge is 0.503 e. The fourth-order valence-electron chi connectivity index (χ4n) is 5.29. The number of rotatable bonds is 9. The first-order chi connectivity index (χ1) is 18.7. The van der Waals surface area contributed by atoms with E-state index in [4.69, 9.17) is 18.9 Å². The minimum Gasteiger partial charge on any atom is -0.503 e. The molecule has 1 heterocycles. The Morgan fingerprint density at radius 2 is 1.72 bits per heavy atom. The summed E-state index contributed by atoms with van der Waals surface area (Å²) in [5.74, 6) is 0.104. The van der Waals surface area contributed by atoms with Gasteiger partial charge in [-0.3, -0.25) is 4.79 Å². The molecule has 0 radical (unpaired) electrons. The normalized spacial score (nSPS) is 18.9. The third-order valence-electron chi connectivity index (χ3n) is 7.26. The number of unbranched alkanes of at least 4 members (excludes halogenated alkanes) is 1. The van der Waals surface area contributed by atoms with Crippen LogP contribution >= 0.6 is 15.9 Å². The molecule has 8 nitrogen and oxygen atoms in total. The molecule has 1 aliphatic carbocycles. The van der Waals surface area contributed by atoms with E-state index in [-0.39, 0.29) is 29.6 Å². The highest BCUT2D eigenvalue weighted by Gasteiger charge is 2.42. The van der Waals surface area contributed by atoms with E-state index in [0.717, 1.165) is 24.1 Å². The number of carbonyl (C=O) groups excluding carboxylic acids is 2. The topological polar surface area (TPSA) is 103 Å². The third-order valence-corrected chi connectivity index (χ3v) is 7.87. The van der Waals surface area contributed by atoms with Crippen molar-refractivity contribution in [3.05, 3.63) is 68.5 Å². The molecule has 0 amide bonds. The van der Waals surface area contributed by atoms with Crippen LogP contribution in [0.25, 0.3) is 0 Å². The van der Waals surface area contributed by atoms with Crippen molar-refractivity contribution in [3.63, 3.8) is 0 Å². The van der Waals surface area contributed by atoms with Crippen molar-refractivity contribution in [2.45, 2.75) is 51.4 Å². The molecule has 1 aliphatic heterocycles. The van der Waals surface area contributed by atoms with Gasteiger partial charge in [0.15, 0.2) is 28.8 Å². The first-order valence-electron chi connectivity index (χ1n) is 12.9. The predicted molar refractivity (Wildman–Crippen MR) is 150 cm³/mol. The van der Waals surface area contributed by atoms with Crippen molar-refractivity contribution in [3.8, 4) is 23.0 Å². The summed E-state index contributed by atoms with van der Waals surface area (Å²) >= 11 is 3.40. The number of nitrogens with one attached hydrogen (secondary N) is 1. The summed E-state index contributed by atoms with van der Waals surface area (Å²) in [6, 6.07) is 9.09. The van der Waals surface area contributed by atoms with E-state index in [1.807, 2.05) is 32.0 Å². The maximum atomic E-state index is 13.9. The Hall–Kier alpha value is -3.46. The molecule has 0 aromatic heterocycles. The lowest BCUT2D eigenvalue weighted by Gasteiger charge is -2.37. The van der Waals surface area contributed by atoms with Gasteiger partial charge < -0.3 is 29.4 Å². The van der Waals surface area contributed by atoms with Gasteiger partial charge in [-0.1, -0.05) is 19.4 Å². The van der Waals surface area contributed by atoms with E-state index in [1.165, 1.54) is 7.11 Å². The van der Waals surface area contributed by atoms with Gasteiger partial charge in [-0.25, -0.2) is 4.79 Å². The first kappa shape index (κ1) is 28.5. The van der Waals surface area contributed by atoms with E-state index >= 15 is 0 Å². The van der Waals surface area contributed by atoms with Crippen molar-refractivity contribution in [2.24, 2.45) is 0 Å². The van der Waals surface area contributed by atoms with Crippen LogP contribution in [-0.2, 0) is 14.3 Å². The molecule has 208 valence electrons. The number of ether oxygens (including phenoxy) is 4. The van der Waals surface area contributed by atoms with Crippen molar-refractivity contribution >= 4 is 27.7 Å². The molecule has 9 heteroatoms. The van der Waals surface area contributed by atoms with Gasteiger partial charge in [0, 0.05) is 29.3 Å². The van der Waals surface area contributed by atoms with Gasteiger partial charge in [-0.2, -0.15) is 0 Å². The van der Waals surface area contributed by atoms with Crippen LogP contribution in [0.3, 0.4) is 0 Å². The highest BCUT2D eigenvalue weighted by Crippen LogP contribution is 2.48. The van der Waals surface area contributed by atoms with Gasteiger partial charge in [0.25, 0.3) is 0 Å². The molecule has 0 saturated heterocycles. The Morgan fingerprint density at radius 3 is 2.38 bits per heavy atom. The number of methoxy groups -OCH3 is 3. The molecule has 0 spiro atoms. The molecule has 0 fully saturated rings. The number of hydrogen-bond acceptors (Lipinski definition) is 8. The summed E-state index contributed by atoms with van der Waals surface area (Å²) in [7, 11) is 4.63. The molecular weight excluding hydrogens is 566 g/mol. The van der Waals surface area contributed by atoms with Crippen molar-refractivity contribution in [2.75, 3.05) is 27.9 Å². The van der Waals surface area contributed by atoms with Gasteiger partial charge >= 0.3 is 5.97 Å². The molecule has 0 unspecified atom stereocenters. The highest BCUT2D eigenvalue weighted by atomic mass is 79.9.